The topological polar surface area (TPSA) is 115 Å². The third-order valence-electron chi connectivity index (χ3n) is 5.55. The largest absolute Gasteiger partial charge is 0.647 e. The van der Waals surface area contributed by atoms with Crippen LogP contribution in [-0.4, -0.2) is 76.5 Å². The molecule has 0 bridgehead atoms. The lowest BCUT2D eigenvalue weighted by molar-refractivity contribution is -0.110. The molecule has 0 aromatic heterocycles. The number of hydrazine groups is 3. The number of phosphoric acid groups is 1. The number of carbonyl (C=O) groups excluding carboxylic acids is 3. The van der Waals surface area contributed by atoms with E-state index in [-0.39, 0.29) is 17.2 Å². The summed E-state index contributed by atoms with van der Waals surface area (Å²) in [6.45, 7) is 0. The SMILES string of the molecule is CN(C)N(C=O)c1ccc(OP(=O)(Oc2ccc(N(C=O)N(C)C)cc2)Oc2ccc(N(C=O)N(C)C)cc2)cc1. The maximum atomic E-state index is 14.0. The minimum absolute atomic E-state index is 0.161. The smallest absolute Gasteiger partial charge is 0.386 e. The van der Waals surface area contributed by atoms with Crippen LogP contribution < -0.4 is 28.6 Å². The predicted octanol–water partition coefficient (Wildman–Crippen LogP) is 3.65. The number of nitrogens with zero attached hydrogens (tertiary/aromatic N) is 6. The average molecular weight is 585 g/mol. The lowest BCUT2D eigenvalue weighted by Crippen LogP contribution is -2.35. The molecule has 0 saturated heterocycles. The fourth-order valence-corrected chi connectivity index (χ4v) is 4.83. The van der Waals surface area contributed by atoms with E-state index in [1.807, 2.05) is 0 Å². The van der Waals surface area contributed by atoms with Gasteiger partial charge in [0, 0.05) is 42.3 Å². The van der Waals surface area contributed by atoms with Crippen molar-refractivity contribution < 1.29 is 32.5 Å². The molecule has 0 aliphatic heterocycles. The average Bonchev–Trinajstić information content (AvgIpc) is 2.92. The first-order valence-corrected chi connectivity index (χ1v) is 13.7. The first-order valence-electron chi connectivity index (χ1n) is 12.2. The zero-order chi connectivity index (χ0) is 30.2. The first kappa shape index (κ1) is 31.1. The second kappa shape index (κ2) is 13.8. The van der Waals surface area contributed by atoms with E-state index in [9.17, 15) is 18.9 Å². The maximum Gasteiger partial charge on any atom is 0.647 e. The summed E-state index contributed by atoms with van der Waals surface area (Å²) in [5.41, 5.74) is 1.67. The van der Waals surface area contributed by atoms with Crippen LogP contribution in [-0.2, 0) is 18.9 Å². The molecule has 0 saturated carbocycles. The molecule has 218 valence electrons. The quantitative estimate of drug-likeness (QED) is 0.149. The highest BCUT2D eigenvalue weighted by Gasteiger charge is 2.33. The molecule has 13 nitrogen and oxygen atoms in total. The van der Waals surface area contributed by atoms with E-state index in [4.69, 9.17) is 13.6 Å². The van der Waals surface area contributed by atoms with Gasteiger partial charge < -0.3 is 13.6 Å². The lowest BCUT2D eigenvalue weighted by atomic mass is 10.3. The Morgan fingerprint density at radius 1 is 0.463 bits per heavy atom. The van der Waals surface area contributed by atoms with Gasteiger partial charge >= 0.3 is 7.82 Å². The van der Waals surface area contributed by atoms with Crippen molar-refractivity contribution in [1.29, 1.82) is 0 Å². The van der Waals surface area contributed by atoms with Gasteiger partial charge in [0.15, 0.2) is 0 Å². The van der Waals surface area contributed by atoms with Gasteiger partial charge in [0.25, 0.3) is 0 Å². The molecule has 14 heteroatoms. The Kier molecular flexibility index (Phi) is 10.5. The first-order chi connectivity index (χ1) is 19.5. The summed E-state index contributed by atoms with van der Waals surface area (Å²) in [7, 11) is 5.92. The van der Waals surface area contributed by atoms with Crippen LogP contribution in [0.5, 0.6) is 17.2 Å². The van der Waals surface area contributed by atoms with Gasteiger partial charge in [-0.25, -0.2) is 30.1 Å². The molecule has 0 aliphatic carbocycles. The van der Waals surface area contributed by atoms with Crippen LogP contribution in [0, 0.1) is 0 Å². The van der Waals surface area contributed by atoms with Crippen LogP contribution in [0.15, 0.2) is 72.8 Å². The van der Waals surface area contributed by atoms with E-state index < -0.39 is 7.82 Å². The van der Waals surface area contributed by atoms with Crippen LogP contribution in [0.25, 0.3) is 0 Å². The van der Waals surface area contributed by atoms with E-state index in [1.54, 1.807) is 93.7 Å². The van der Waals surface area contributed by atoms with Gasteiger partial charge in [-0.15, -0.1) is 0 Å². The number of hydrogen-bond donors (Lipinski definition) is 0. The number of amides is 3. The lowest BCUT2D eigenvalue weighted by Gasteiger charge is -2.25. The molecule has 0 unspecified atom stereocenters. The fraction of sp³-hybridized carbons (Fsp3) is 0.222. The van der Waals surface area contributed by atoms with Gasteiger partial charge in [0.05, 0.1) is 17.1 Å². The molecule has 3 aromatic carbocycles. The van der Waals surface area contributed by atoms with Crippen molar-refractivity contribution in [2.24, 2.45) is 0 Å². The third kappa shape index (κ3) is 8.05. The molecule has 0 fully saturated rings. The molecular weight excluding hydrogens is 551 g/mol. The molecule has 3 aromatic rings. The van der Waals surface area contributed by atoms with Gasteiger partial charge in [-0.05, 0) is 72.8 Å². The number of hydrogen-bond acceptors (Lipinski definition) is 10. The van der Waals surface area contributed by atoms with Crippen LogP contribution in [0.2, 0.25) is 0 Å². The summed E-state index contributed by atoms with van der Waals surface area (Å²) < 4.78 is 31.2. The van der Waals surface area contributed by atoms with Gasteiger partial charge in [-0.3, -0.25) is 14.4 Å². The Balaban J connectivity index is 1.91. The Hall–Kier alpha value is -4.42. The van der Waals surface area contributed by atoms with Crippen molar-refractivity contribution in [3.05, 3.63) is 72.8 Å². The molecular formula is C27H33N6O7P. The Morgan fingerprint density at radius 2 is 0.683 bits per heavy atom. The standard InChI is InChI=1S/C27H33N6O7P/c1-28(2)31(19-34)22-7-13-25(14-8-22)38-41(37,39-26-15-9-23(10-16-26)32(20-35)29(3)4)40-27-17-11-24(12-18-27)33(21-36)30(5)6/h7-21H,1-6H3. The van der Waals surface area contributed by atoms with Crippen molar-refractivity contribution in [2.45, 2.75) is 0 Å². The highest BCUT2D eigenvalue weighted by Crippen LogP contribution is 2.50. The number of benzene rings is 3. The van der Waals surface area contributed by atoms with Crippen molar-refractivity contribution in [3.8, 4) is 17.2 Å². The fourth-order valence-electron chi connectivity index (χ4n) is 3.58. The second-order valence-electron chi connectivity index (χ2n) is 9.09. The van der Waals surface area contributed by atoms with Gasteiger partial charge in [-0.1, -0.05) is 0 Å². The van der Waals surface area contributed by atoms with Crippen LogP contribution in [0.4, 0.5) is 17.1 Å². The molecule has 3 amide bonds. The zero-order valence-corrected chi connectivity index (χ0v) is 24.5. The molecule has 0 aliphatic rings. The molecule has 0 spiro atoms. The van der Waals surface area contributed by atoms with Crippen LogP contribution in [0.3, 0.4) is 0 Å². The molecule has 0 N–H and O–H groups in total. The summed E-state index contributed by atoms with van der Waals surface area (Å²) in [5, 5.41) is 8.89. The van der Waals surface area contributed by atoms with Crippen LogP contribution >= 0.6 is 7.82 Å². The highest BCUT2D eigenvalue weighted by molar-refractivity contribution is 7.49. The van der Waals surface area contributed by atoms with Crippen molar-refractivity contribution in [1.82, 2.24) is 15.0 Å². The van der Waals surface area contributed by atoms with Gasteiger partial charge in [0.1, 0.15) is 17.2 Å². The molecule has 0 radical (unpaired) electrons. The van der Waals surface area contributed by atoms with Crippen LogP contribution in [0.1, 0.15) is 0 Å². The van der Waals surface area contributed by atoms with E-state index >= 15 is 0 Å². The molecule has 3 rings (SSSR count). The summed E-state index contributed by atoms with van der Waals surface area (Å²) in [4.78, 5) is 34.3. The number of phosphoric ester groups is 1. The molecule has 0 heterocycles. The van der Waals surface area contributed by atoms with Gasteiger partial charge in [-0.2, -0.15) is 4.57 Å². The van der Waals surface area contributed by atoms with Crippen molar-refractivity contribution in [3.63, 3.8) is 0 Å². The molecule has 41 heavy (non-hydrogen) atoms. The maximum absolute atomic E-state index is 14.0. The van der Waals surface area contributed by atoms with E-state index in [0.29, 0.717) is 36.3 Å². The van der Waals surface area contributed by atoms with E-state index in [2.05, 4.69) is 0 Å². The highest BCUT2D eigenvalue weighted by atomic mass is 31.2. The predicted molar refractivity (Wildman–Crippen MR) is 156 cm³/mol. The Bertz CT molecular complexity index is 1190. The summed E-state index contributed by atoms with van der Waals surface area (Å²) >= 11 is 0. The normalized spacial score (nSPS) is 11.2. The summed E-state index contributed by atoms with van der Waals surface area (Å²) in [6.07, 6.45) is 1.97. The Labute approximate surface area is 239 Å². The summed E-state index contributed by atoms with van der Waals surface area (Å²) in [5.74, 6) is 0.484. The Morgan fingerprint density at radius 3 is 0.854 bits per heavy atom. The monoisotopic (exact) mass is 584 g/mol. The summed E-state index contributed by atoms with van der Waals surface area (Å²) in [6, 6.07) is 18.8. The van der Waals surface area contributed by atoms with Crippen molar-refractivity contribution in [2.75, 3.05) is 57.3 Å². The zero-order valence-electron chi connectivity index (χ0n) is 23.6. The van der Waals surface area contributed by atoms with E-state index in [0.717, 1.165) is 0 Å². The van der Waals surface area contributed by atoms with Crippen molar-refractivity contribution >= 4 is 44.1 Å². The number of anilines is 3. The van der Waals surface area contributed by atoms with E-state index in [1.165, 1.54) is 51.4 Å². The third-order valence-corrected chi connectivity index (χ3v) is 6.85. The number of rotatable bonds is 15. The number of carbonyl (C=O) groups is 3. The minimum atomic E-state index is -4.36. The minimum Gasteiger partial charge on any atom is -0.386 e. The molecule has 0 atom stereocenters. The van der Waals surface area contributed by atoms with Gasteiger partial charge in [0.2, 0.25) is 19.2 Å². The second-order valence-corrected chi connectivity index (χ2v) is 10.5.